The summed E-state index contributed by atoms with van der Waals surface area (Å²) in [7, 11) is 0. The number of nitrogens with two attached hydrogens (primary N) is 1. The summed E-state index contributed by atoms with van der Waals surface area (Å²) < 4.78 is 20.2. The van der Waals surface area contributed by atoms with Crippen molar-refractivity contribution in [3.05, 3.63) is 41.1 Å². The van der Waals surface area contributed by atoms with Crippen molar-refractivity contribution in [3.8, 4) is 5.75 Å². The van der Waals surface area contributed by atoms with Crippen LogP contribution in [-0.2, 0) is 9.59 Å². The van der Waals surface area contributed by atoms with Gasteiger partial charge in [-0.2, -0.15) is 0 Å². The van der Waals surface area contributed by atoms with Gasteiger partial charge in [0.1, 0.15) is 17.6 Å². The molecule has 4 atom stereocenters. The summed E-state index contributed by atoms with van der Waals surface area (Å²) in [6.07, 6.45) is 7.82. The first-order valence-electron chi connectivity index (χ1n) is 14.7. The van der Waals surface area contributed by atoms with Gasteiger partial charge in [-0.05, 0) is 88.7 Å². The number of ketones is 1. The van der Waals surface area contributed by atoms with Gasteiger partial charge < -0.3 is 20.5 Å². The maximum atomic E-state index is 14.0. The number of alkyl halides is 1. The molecular weight excluding hydrogens is 497 g/mol. The summed E-state index contributed by atoms with van der Waals surface area (Å²) in [6, 6.07) is 8.14. The highest BCUT2D eigenvalue weighted by Gasteiger charge is 2.32. The second-order valence-corrected chi connectivity index (χ2v) is 11.4. The van der Waals surface area contributed by atoms with Crippen LogP contribution in [0.25, 0.3) is 0 Å². The van der Waals surface area contributed by atoms with Gasteiger partial charge in [-0.1, -0.05) is 24.6 Å². The monoisotopic (exact) mass is 541 g/mol. The van der Waals surface area contributed by atoms with Crippen LogP contribution in [0.4, 0.5) is 4.39 Å². The maximum absolute atomic E-state index is 14.0. The van der Waals surface area contributed by atoms with E-state index in [0.717, 1.165) is 68.4 Å². The number of aliphatic hydroxyl groups is 1. The molecular formula is C31H44FN3O4. The molecule has 1 amide bonds. The van der Waals surface area contributed by atoms with Gasteiger partial charge in [0, 0.05) is 24.3 Å². The summed E-state index contributed by atoms with van der Waals surface area (Å²) in [5, 5.41) is 9.63. The molecule has 0 aromatic heterocycles. The minimum Gasteiger partial charge on any atom is -0.490 e. The molecule has 1 aromatic rings. The zero-order chi connectivity index (χ0) is 27.8. The molecule has 3 N–H and O–H groups in total. The molecule has 3 aliphatic rings. The van der Waals surface area contributed by atoms with Crippen LogP contribution in [0.3, 0.4) is 0 Å². The number of piperidine rings is 1. The molecule has 39 heavy (non-hydrogen) atoms. The number of halogens is 1. The van der Waals surface area contributed by atoms with Crippen LogP contribution < -0.4 is 10.5 Å². The lowest BCUT2D eigenvalue weighted by Crippen LogP contribution is -2.48. The fraction of sp³-hybridized carbons (Fsp3) is 0.645. The van der Waals surface area contributed by atoms with E-state index in [2.05, 4.69) is 18.0 Å². The average Bonchev–Trinajstić information content (AvgIpc) is 3.18. The van der Waals surface area contributed by atoms with Gasteiger partial charge in [-0.25, -0.2) is 4.39 Å². The SMILES string of the molecule is Cc1ccccc1OC1CCCC(CCC(=O)CN=C2CCCCC2=C(N)C(=O)N2CC[C@@H](O)[C@@H](F)C2)CC1. The minimum atomic E-state index is -1.46. The first-order valence-corrected chi connectivity index (χ1v) is 14.7. The predicted octanol–water partition coefficient (Wildman–Crippen LogP) is 4.83. The molecule has 1 aliphatic heterocycles. The summed E-state index contributed by atoms with van der Waals surface area (Å²) in [5.74, 6) is 1.20. The lowest BCUT2D eigenvalue weighted by atomic mass is 9.90. The van der Waals surface area contributed by atoms with Gasteiger partial charge in [0.05, 0.1) is 25.3 Å². The Morgan fingerprint density at radius 1 is 1.10 bits per heavy atom. The summed E-state index contributed by atoms with van der Waals surface area (Å²) in [4.78, 5) is 31.7. The number of aliphatic imine (C=N–C) groups is 1. The Balaban J connectivity index is 1.27. The molecule has 2 saturated carbocycles. The minimum absolute atomic E-state index is 0.102. The Morgan fingerprint density at radius 3 is 2.69 bits per heavy atom. The van der Waals surface area contributed by atoms with Crippen molar-refractivity contribution in [2.24, 2.45) is 16.6 Å². The number of hydrogen-bond acceptors (Lipinski definition) is 6. The number of aliphatic hydroxyl groups excluding tert-OH is 1. The van der Waals surface area contributed by atoms with E-state index in [0.29, 0.717) is 30.8 Å². The number of carbonyl (C=O) groups is 2. The van der Waals surface area contributed by atoms with Gasteiger partial charge in [0.2, 0.25) is 0 Å². The summed E-state index contributed by atoms with van der Waals surface area (Å²) >= 11 is 0. The van der Waals surface area contributed by atoms with Crippen molar-refractivity contribution in [2.45, 2.75) is 102 Å². The highest BCUT2D eigenvalue weighted by atomic mass is 19.1. The Kier molecular flexibility index (Phi) is 10.5. The van der Waals surface area contributed by atoms with E-state index in [4.69, 9.17) is 10.5 Å². The largest absolute Gasteiger partial charge is 0.490 e. The van der Waals surface area contributed by atoms with Crippen LogP contribution >= 0.6 is 0 Å². The highest BCUT2D eigenvalue weighted by molar-refractivity contribution is 6.08. The van der Waals surface area contributed by atoms with Crippen LogP contribution in [0.15, 0.2) is 40.5 Å². The van der Waals surface area contributed by atoms with Crippen LogP contribution in [0, 0.1) is 12.8 Å². The van der Waals surface area contributed by atoms with Gasteiger partial charge in [-0.3, -0.25) is 14.6 Å². The summed E-state index contributed by atoms with van der Waals surface area (Å²) in [6.45, 7) is 2.30. The van der Waals surface area contributed by atoms with Crippen molar-refractivity contribution in [1.82, 2.24) is 4.90 Å². The number of Topliss-reactive ketones (excluding diaryl/α,β-unsaturated/α-hetero) is 1. The molecule has 2 aliphatic carbocycles. The molecule has 3 fully saturated rings. The van der Waals surface area contributed by atoms with Crippen molar-refractivity contribution >= 4 is 17.4 Å². The number of benzene rings is 1. The Bertz CT molecular complexity index is 1070. The number of hydrogen-bond donors (Lipinski definition) is 2. The maximum Gasteiger partial charge on any atom is 0.270 e. The van der Waals surface area contributed by atoms with Crippen molar-refractivity contribution in [1.29, 1.82) is 0 Å². The Morgan fingerprint density at radius 2 is 1.90 bits per heavy atom. The molecule has 214 valence electrons. The van der Waals surface area contributed by atoms with E-state index in [1.54, 1.807) is 0 Å². The molecule has 1 aromatic carbocycles. The number of rotatable bonds is 8. The normalized spacial score (nSPS) is 28.6. The molecule has 1 heterocycles. The van der Waals surface area contributed by atoms with Gasteiger partial charge in [0.15, 0.2) is 5.78 Å². The second kappa shape index (κ2) is 14.1. The standard InChI is InChI=1S/C31H44FN3O4/c1-21-7-2-5-12-29(21)39-24-9-6-8-22(14-16-24)13-15-23(36)19-34-27-11-4-3-10-25(27)30(33)31(38)35-18-17-28(37)26(32)20-35/h2,5,7,12,22,24,26,28,37H,3-4,6,8-11,13-20,33H2,1H3/t22?,24?,26-,28+/m0/s1. The molecule has 4 rings (SSSR count). The topological polar surface area (TPSA) is 105 Å². The number of ether oxygens (including phenoxy) is 1. The smallest absolute Gasteiger partial charge is 0.270 e. The zero-order valence-electron chi connectivity index (χ0n) is 23.2. The molecule has 7 nitrogen and oxygen atoms in total. The van der Waals surface area contributed by atoms with Crippen molar-refractivity contribution in [2.75, 3.05) is 19.6 Å². The van der Waals surface area contributed by atoms with E-state index in [1.807, 2.05) is 18.2 Å². The number of para-hydroxylation sites is 1. The average molecular weight is 542 g/mol. The third-order valence-electron chi connectivity index (χ3n) is 8.49. The second-order valence-electron chi connectivity index (χ2n) is 11.4. The first kappa shape index (κ1) is 29.2. The first-order chi connectivity index (χ1) is 18.8. The third-order valence-corrected chi connectivity index (χ3v) is 8.49. The molecule has 0 spiro atoms. The fourth-order valence-corrected chi connectivity index (χ4v) is 5.98. The lowest BCUT2D eigenvalue weighted by Gasteiger charge is -2.33. The van der Waals surface area contributed by atoms with E-state index in [9.17, 15) is 19.1 Å². The third kappa shape index (κ3) is 8.13. The van der Waals surface area contributed by atoms with Crippen molar-refractivity contribution in [3.63, 3.8) is 0 Å². The number of likely N-dealkylation sites (tertiary alicyclic amines) is 1. The van der Waals surface area contributed by atoms with Gasteiger partial charge >= 0.3 is 0 Å². The Hall–Kier alpha value is -2.74. The van der Waals surface area contributed by atoms with Crippen LogP contribution in [0.1, 0.15) is 82.6 Å². The van der Waals surface area contributed by atoms with Crippen LogP contribution in [0.2, 0.25) is 0 Å². The molecule has 2 unspecified atom stereocenters. The molecule has 0 radical (unpaired) electrons. The quantitative estimate of drug-likeness (QED) is 0.362. The van der Waals surface area contributed by atoms with Crippen molar-refractivity contribution < 1.29 is 23.8 Å². The summed E-state index contributed by atoms with van der Waals surface area (Å²) in [5.41, 5.74) is 8.96. The van der Waals surface area contributed by atoms with E-state index in [-0.39, 0.29) is 43.6 Å². The number of amides is 1. The zero-order valence-corrected chi connectivity index (χ0v) is 23.2. The van der Waals surface area contributed by atoms with E-state index >= 15 is 0 Å². The van der Waals surface area contributed by atoms with Crippen LogP contribution in [-0.4, -0.2) is 65.4 Å². The predicted molar refractivity (Wildman–Crippen MR) is 150 cm³/mol. The fourth-order valence-electron chi connectivity index (χ4n) is 5.98. The molecule has 8 heteroatoms. The Labute approximate surface area is 231 Å². The van der Waals surface area contributed by atoms with E-state index in [1.165, 1.54) is 4.90 Å². The van der Waals surface area contributed by atoms with Gasteiger partial charge in [-0.15, -0.1) is 0 Å². The lowest BCUT2D eigenvalue weighted by molar-refractivity contribution is -0.131. The number of nitrogens with zero attached hydrogens (tertiary/aromatic N) is 2. The number of carbonyl (C=O) groups excluding carboxylic acids is 2. The number of aryl methyl sites for hydroxylation is 1. The molecule has 0 bridgehead atoms. The molecule has 1 saturated heterocycles. The highest BCUT2D eigenvalue weighted by Crippen LogP contribution is 2.30. The van der Waals surface area contributed by atoms with Gasteiger partial charge in [0.25, 0.3) is 5.91 Å². The van der Waals surface area contributed by atoms with Crippen LogP contribution in [0.5, 0.6) is 5.75 Å². The number of allylic oxidation sites excluding steroid dienone is 1. The van der Waals surface area contributed by atoms with E-state index < -0.39 is 18.2 Å².